The molecule has 0 bridgehead atoms. The molecular formula is C14H18FN5O2. The van der Waals surface area contributed by atoms with Crippen molar-refractivity contribution in [1.29, 1.82) is 0 Å². The molecule has 0 unspecified atom stereocenters. The van der Waals surface area contributed by atoms with Gasteiger partial charge in [0.05, 0.1) is 11.6 Å². The molecule has 7 nitrogen and oxygen atoms in total. The lowest BCUT2D eigenvalue weighted by Crippen LogP contribution is -2.18. The van der Waals surface area contributed by atoms with Crippen LogP contribution in [0.15, 0.2) is 18.2 Å². The molecule has 1 aromatic heterocycles. The minimum Gasteiger partial charge on any atom is -0.372 e. The zero-order valence-electron chi connectivity index (χ0n) is 12.7. The number of amides is 1. The monoisotopic (exact) mass is 307 g/mol. The van der Waals surface area contributed by atoms with Gasteiger partial charge in [-0.2, -0.15) is 0 Å². The minimum absolute atomic E-state index is 0.00923. The standard InChI is InChI=1S/C14H18FN5O2/c1-4-22-8-13(21)16-10-5-6-11(12(15)7-10)14-17-18-19-20(14)9(2)3/h5-7,9H,4,8H2,1-3H3,(H,16,21). The molecule has 1 amide bonds. The van der Waals surface area contributed by atoms with Crippen LogP contribution in [0.3, 0.4) is 0 Å². The van der Waals surface area contributed by atoms with Crippen molar-refractivity contribution in [2.45, 2.75) is 26.8 Å². The minimum atomic E-state index is -0.508. The van der Waals surface area contributed by atoms with Crippen LogP contribution in [0.25, 0.3) is 11.4 Å². The lowest BCUT2D eigenvalue weighted by Gasteiger charge is -2.10. The first kappa shape index (κ1) is 16.0. The van der Waals surface area contributed by atoms with Gasteiger partial charge in [0.15, 0.2) is 5.82 Å². The lowest BCUT2D eigenvalue weighted by molar-refractivity contribution is -0.120. The highest BCUT2D eigenvalue weighted by molar-refractivity contribution is 5.91. The Morgan fingerprint density at radius 3 is 2.86 bits per heavy atom. The van der Waals surface area contributed by atoms with Crippen LogP contribution < -0.4 is 5.32 Å². The summed E-state index contributed by atoms with van der Waals surface area (Å²) in [6.45, 7) is 5.98. The Kier molecular flexibility index (Phi) is 5.16. The maximum atomic E-state index is 14.3. The molecule has 0 radical (unpaired) electrons. The number of ether oxygens (including phenoxy) is 1. The molecule has 8 heteroatoms. The number of nitrogens with zero attached hydrogens (tertiary/aromatic N) is 4. The largest absolute Gasteiger partial charge is 0.372 e. The van der Waals surface area contributed by atoms with Crippen molar-refractivity contribution in [1.82, 2.24) is 20.2 Å². The smallest absolute Gasteiger partial charge is 0.250 e. The van der Waals surface area contributed by atoms with Gasteiger partial charge in [0.1, 0.15) is 12.4 Å². The van der Waals surface area contributed by atoms with Gasteiger partial charge in [0, 0.05) is 12.3 Å². The fourth-order valence-electron chi connectivity index (χ4n) is 1.88. The first-order chi connectivity index (χ1) is 10.5. The van der Waals surface area contributed by atoms with Gasteiger partial charge in [-0.1, -0.05) is 0 Å². The van der Waals surface area contributed by atoms with E-state index in [1.165, 1.54) is 16.8 Å². The molecule has 2 rings (SSSR count). The molecule has 2 aromatic rings. The molecule has 1 aromatic carbocycles. The summed E-state index contributed by atoms with van der Waals surface area (Å²) in [7, 11) is 0. The van der Waals surface area contributed by atoms with E-state index in [1.807, 2.05) is 13.8 Å². The maximum absolute atomic E-state index is 14.3. The van der Waals surface area contributed by atoms with E-state index in [2.05, 4.69) is 20.8 Å². The Labute approximate surface area is 127 Å². The zero-order chi connectivity index (χ0) is 16.1. The van der Waals surface area contributed by atoms with E-state index in [0.29, 0.717) is 18.1 Å². The molecule has 0 fully saturated rings. The molecule has 118 valence electrons. The van der Waals surface area contributed by atoms with Crippen LogP contribution in [0.5, 0.6) is 0 Å². The van der Waals surface area contributed by atoms with E-state index in [4.69, 9.17) is 4.74 Å². The molecule has 0 aliphatic heterocycles. The Morgan fingerprint density at radius 2 is 2.23 bits per heavy atom. The average molecular weight is 307 g/mol. The molecule has 0 aliphatic rings. The Morgan fingerprint density at radius 1 is 1.45 bits per heavy atom. The van der Waals surface area contributed by atoms with Crippen molar-refractivity contribution in [3.8, 4) is 11.4 Å². The Balaban J connectivity index is 2.19. The number of carbonyl (C=O) groups is 1. The highest BCUT2D eigenvalue weighted by atomic mass is 19.1. The quantitative estimate of drug-likeness (QED) is 0.883. The summed E-state index contributed by atoms with van der Waals surface area (Å²) in [5.41, 5.74) is 0.635. The second-order valence-electron chi connectivity index (χ2n) is 4.92. The van der Waals surface area contributed by atoms with Gasteiger partial charge in [-0.15, -0.1) is 5.10 Å². The molecule has 1 N–H and O–H groups in total. The summed E-state index contributed by atoms with van der Waals surface area (Å²) in [6.07, 6.45) is 0. The summed E-state index contributed by atoms with van der Waals surface area (Å²) in [6, 6.07) is 4.38. The van der Waals surface area contributed by atoms with Crippen LogP contribution >= 0.6 is 0 Å². The lowest BCUT2D eigenvalue weighted by atomic mass is 10.1. The summed E-state index contributed by atoms with van der Waals surface area (Å²) in [4.78, 5) is 11.5. The Bertz CT molecular complexity index is 656. The van der Waals surface area contributed by atoms with E-state index < -0.39 is 5.82 Å². The number of rotatable bonds is 6. The van der Waals surface area contributed by atoms with Crippen LogP contribution in [0.2, 0.25) is 0 Å². The van der Waals surface area contributed by atoms with Crippen molar-refractivity contribution in [2.24, 2.45) is 0 Å². The van der Waals surface area contributed by atoms with Crippen molar-refractivity contribution in [2.75, 3.05) is 18.5 Å². The third-order valence-electron chi connectivity index (χ3n) is 2.91. The third-order valence-corrected chi connectivity index (χ3v) is 2.91. The topological polar surface area (TPSA) is 81.9 Å². The second kappa shape index (κ2) is 7.08. The summed E-state index contributed by atoms with van der Waals surface area (Å²) in [5, 5.41) is 13.8. The maximum Gasteiger partial charge on any atom is 0.250 e. The first-order valence-corrected chi connectivity index (χ1v) is 6.98. The number of tetrazole rings is 1. The summed E-state index contributed by atoms with van der Waals surface area (Å²) < 4.78 is 20.8. The van der Waals surface area contributed by atoms with Gasteiger partial charge in [-0.05, 0) is 49.4 Å². The molecule has 1 heterocycles. The van der Waals surface area contributed by atoms with E-state index >= 15 is 0 Å². The second-order valence-corrected chi connectivity index (χ2v) is 4.92. The van der Waals surface area contributed by atoms with Gasteiger partial charge in [0.2, 0.25) is 5.91 Å². The number of nitrogens with one attached hydrogen (secondary N) is 1. The van der Waals surface area contributed by atoms with Crippen molar-refractivity contribution >= 4 is 11.6 Å². The zero-order valence-corrected chi connectivity index (χ0v) is 12.7. The predicted molar refractivity (Wildman–Crippen MR) is 78.7 cm³/mol. The molecular weight excluding hydrogens is 289 g/mol. The van der Waals surface area contributed by atoms with Gasteiger partial charge in [-0.25, -0.2) is 9.07 Å². The van der Waals surface area contributed by atoms with E-state index in [0.717, 1.165) is 0 Å². The summed E-state index contributed by atoms with van der Waals surface area (Å²) in [5.74, 6) is -0.494. The number of aromatic nitrogens is 4. The van der Waals surface area contributed by atoms with Crippen LogP contribution in [0, 0.1) is 5.82 Å². The van der Waals surface area contributed by atoms with E-state index in [9.17, 15) is 9.18 Å². The number of hydrogen-bond acceptors (Lipinski definition) is 5. The first-order valence-electron chi connectivity index (χ1n) is 6.98. The number of hydrogen-bond donors (Lipinski definition) is 1. The van der Waals surface area contributed by atoms with Crippen LogP contribution in [0.4, 0.5) is 10.1 Å². The van der Waals surface area contributed by atoms with Gasteiger partial charge < -0.3 is 10.1 Å². The number of benzene rings is 1. The highest BCUT2D eigenvalue weighted by Crippen LogP contribution is 2.24. The molecule has 0 saturated carbocycles. The summed E-state index contributed by atoms with van der Waals surface area (Å²) >= 11 is 0. The fraction of sp³-hybridized carbons (Fsp3) is 0.429. The fourth-order valence-corrected chi connectivity index (χ4v) is 1.88. The SMILES string of the molecule is CCOCC(=O)Nc1ccc(-c2nnnn2C(C)C)c(F)c1. The number of halogens is 1. The predicted octanol–water partition coefficient (Wildman–Crippen LogP) is 2.04. The molecule has 0 atom stereocenters. The average Bonchev–Trinajstić information content (AvgIpc) is 2.94. The van der Waals surface area contributed by atoms with Crippen LogP contribution in [0.1, 0.15) is 26.8 Å². The van der Waals surface area contributed by atoms with Crippen LogP contribution in [-0.4, -0.2) is 39.3 Å². The number of anilines is 1. The third kappa shape index (κ3) is 3.64. The van der Waals surface area contributed by atoms with Crippen LogP contribution in [-0.2, 0) is 9.53 Å². The highest BCUT2D eigenvalue weighted by Gasteiger charge is 2.16. The normalized spacial score (nSPS) is 11.0. The van der Waals surface area contributed by atoms with Crippen molar-refractivity contribution in [3.63, 3.8) is 0 Å². The Hall–Kier alpha value is -2.35. The van der Waals surface area contributed by atoms with Crippen molar-refractivity contribution in [3.05, 3.63) is 24.0 Å². The molecule has 0 saturated heterocycles. The molecule has 22 heavy (non-hydrogen) atoms. The number of carbonyl (C=O) groups excluding carboxylic acids is 1. The van der Waals surface area contributed by atoms with Gasteiger partial charge in [-0.3, -0.25) is 4.79 Å². The molecule has 0 aliphatic carbocycles. The van der Waals surface area contributed by atoms with Gasteiger partial charge >= 0.3 is 0 Å². The van der Waals surface area contributed by atoms with Gasteiger partial charge in [0.25, 0.3) is 0 Å². The van der Waals surface area contributed by atoms with Crippen molar-refractivity contribution < 1.29 is 13.9 Å². The molecule has 0 spiro atoms. The van der Waals surface area contributed by atoms with E-state index in [-0.39, 0.29) is 24.1 Å². The van der Waals surface area contributed by atoms with E-state index in [1.54, 1.807) is 13.0 Å².